The molecule has 1 aliphatic heterocycles. The minimum Gasteiger partial charge on any atom is -0.353 e. The largest absolute Gasteiger partial charge is 0.353 e. The van der Waals surface area contributed by atoms with Gasteiger partial charge in [0, 0.05) is 18.6 Å². The molecule has 1 fully saturated rings. The van der Waals surface area contributed by atoms with Crippen molar-refractivity contribution < 1.29 is 9.59 Å². The van der Waals surface area contributed by atoms with Gasteiger partial charge in [0.1, 0.15) is 5.69 Å². The maximum atomic E-state index is 12.1. The van der Waals surface area contributed by atoms with Gasteiger partial charge >= 0.3 is 6.03 Å². The van der Waals surface area contributed by atoms with Crippen LogP contribution in [0.25, 0.3) is 0 Å². The van der Waals surface area contributed by atoms with Crippen molar-refractivity contribution in [3.8, 4) is 0 Å². The van der Waals surface area contributed by atoms with Gasteiger partial charge in [-0.25, -0.2) is 9.48 Å². The minimum absolute atomic E-state index is 0.0143. The molecule has 0 radical (unpaired) electrons. The molecule has 0 saturated carbocycles. The zero-order valence-corrected chi connectivity index (χ0v) is 16.2. The predicted molar refractivity (Wildman–Crippen MR) is 98.4 cm³/mol. The molecule has 3 amide bonds. The Balaban J connectivity index is 1.81. The van der Waals surface area contributed by atoms with Gasteiger partial charge in [-0.15, -0.1) is 5.10 Å². The highest BCUT2D eigenvalue weighted by atomic mass is 16.2. The summed E-state index contributed by atoms with van der Waals surface area (Å²) in [6.45, 7) is 11.0. The van der Waals surface area contributed by atoms with Crippen molar-refractivity contribution in [1.82, 2.24) is 36.3 Å². The van der Waals surface area contributed by atoms with Gasteiger partial charge in [0.25, 0.3) is 0 Å². The molecule has 9 heteroatoms. The van der Waals surface area contributed by atoms with E-state index in [1.165, 1.54) is 0 Å². The Labute approximate surface area is 154 Å². The maximum Gasteiger partial charge on any atom is 0.315 e. The fourth-order valence-electron chi connectivity index (χ4n) is 2.67. The molecule has 26 heavy (non-hydrogen) atoms. The summed E-state index contributed by atoms with van der Waals surface area (Å²) in [6.07, 6.45) is 2.49. The van der Waals surface area contributed by atoms with E-state index in [-0.39, 0.29) is 36.1 Å². The average Bonchev–Trinajstić information content (AvgIpc) is 3.21. The van der Waals surface area contributed by atoms with E-state index in [9.17, 15) is 9.59 Å². The number of carbonyl (C=O) groups excluding carboxylic acids is 2. The Morgan fingerprint density at radius 1 is 1.27 bits per heavy atom. The Kier molecular flexibility index (Phi) is 6.96. The van der Waals surface area contributed by atoms with Crippen LogP contribution in [-0.2, 0) is 11.3 Å². The predicted octanol–water partition coefficient (Wildman–Crippen LogP) is 0.549. The number of nitrogens with zero attached hydrogens (tertiary/aromatic N) is 3. The summed E-state index contributed by atoms with van der Waals surface area (Å²) in [6, 6.07) is -0.125. The van der Waals surface area contributed by atoms with E-state index < -0.39 is 0 Å². The third-order valence-electron chi connectivity index (χ3n) is 4.58. The van der Waals surface area contributed by atoms with Gasteiger partial charge in [0.05, 0.1) is 24.8 Å². The Hall–Kier alpha value is -2.16. The van der Waals surface area contributed by atoms with Gasteiger partial charge in [-0.2, -0.15) is 0 Å². The molecule has 2 heterocycles. The molecular weight excluding hydrogens is 334 g/mol. The molecule has 9 nitrogen and oxygen atoms in total. The molecule has 146 valence electrons. The van der Waals surface area contributed by atoms with Crippen LogP contribution in [0.2, 0.25) is 0 Å². The van der Waals surface area contributed by atoms with Crippen LogP contribution in [0.15, 0.2) is 6.20 Å². The summed E-state index contributed by atoms with van der Waals surface area (Å²) >= 11 is 0. The molecule has 2 rings (SSSR count). The Morgan fingerprint density at radius 3 is 2.65 bits per heavy atom. The van der Waals surface area contributed by atoms with Gasteiger partial charge in [-0.05, 0) is 33.1 Å². The Morgan fingerprint density at radius 2 is 2.00 bits per heavy atom. The molecule has 1 aromatic rings. The zero-order valence-electron chi connectivity index (χ0n) is 16.2. The van der Waals surface area contributed by atoms with Crippen molar-refractivity contribution in [2.24, 2.45) is 5.92 Å². The summed E-state index contributed by atoms with van der Waals surface area (Å²) in [5.74, 6) is 0.387. The molecule has 1 aliphatic rings. The lowest BCUT2D eigenvalue weighted by Gasteiger charge is -2.17. The lowest BCUT2D eigenvalue weighted by Crippen LogP contribution is -2.43. The molecule has 0 aliphatic carbocycles. The van der Waals surface area contributed by atoms with Crippen molar-refractivity contribution in [2.45, 2.75) is 71.8 Å². The number of aromatic nitrogens is 3. The van der Waals surface area contributed by atoms with E-state index in [0.717, 1.165) is 0 Å². The van der Waals surface area contributed by atoms with Crippen LogP contribution in [-0.4, -0.2) is 51.6 Å². The monoisotopic (exact) mass is 365 g/mol. The number of carbonyl (C=O) groups is 2. The first-order chi connectivity index (χ1) is 12.3. The van der Waals surface area contributed by atoms with Gasteiger partial charge < -0.3 is 21.3 Å². The number of amides is 3. The summed E-state index contributed by atoms with van der Waals surface area (Å²) in [5.41, 5.74) is 0.687. The summed E-state index contributed by atoms with van der Waals surface area (Å²) < 4.78 is 1.77. The van der Waals surface area contributed by atoms with Crippen LogP contribution in [0.1, 0.15) is 52.8 Å². The number of urea groups is 1. The molecular formula is C17H31N7O2. The lowest BCUT2D eigenvalue weighted by atomic mass is 10.1. The first kappa shape index (κ1) is 20.2. The quantitative estimate of drug-likeness (QED) is 0.564. The van der Waals surface area contributed by atoms with Crippen molar-refractivity contribution in [3.63, 3.8) is 0 Å². The zero-order chi connectivity index (χ0) is 19.3. The van der Waals surface area contributed by atoms with Crippen molar-refractivity contribution in [2.75, 3.05) is 6.54 Å². The minimum atomic E-state index is -0.214. The van der Waals surface area contributed by atoms with Gasteiger partial charge in [-0.1, -0.05) is 19.1 Å². The van der Waals surface area contributed by atoms with Crippen molar-refractivity contribution >= 4 is 11.9 Å². The van der Waals surface area contributed by atoms with Crippen LogP contribution in [0.5, 0.6) is 0 Å². The third kappa shape index (κ3) is 5.69. The van der Waals surface area contributed by atoms with Crippen LogP contribution >= 0.6 is 0 Å². The van der Waals surface area contributed by atoms with E-state index in [2.05, 4.69) is 45.4 Å². The first-order valence-corrected chi connectivity index (χ1v) is 9.25. The third-order valence-corrected chi connectivity index (χ3v) is 4.58. The summed E-state index contributed by atoms with van der Waals surface area (Å²) in [7, 11) is 0. The maximum absolute atomic E-state index is 12.1. The van der Waals surface area contributed by atoms with E-state index in [4.69, 9.17) is 0 Å². The topological polar surface area (TPSA) is 113 Å². The van der Waals surface area contributed by atoms with Crippen LogP contribution in [0.3, 0.4) is 0 Å². The lowest BCUT2D eigenvalue weighted by molar-refractivity contribution is -0.123. The SMILES string of the molecule is CC(C)NC(=O)[C@@H]1C[C@@H](n2cc(CNC(=O)N[C@H](C)C(C)C)nn2)CN1. The number of nitrogens with one attached hydrogen (secondary N) is 4. The molecule has 1 aromatic heterocycles. The Bertz CT molecular complexity index is 614. The van der Waals surface area contributed by atoms with Gasteiger partial charge in [-0.3, -0.25) is 4.79 Å². The van der Waals surface area contributed by atoms with E-state index in [1.54, 1.807) is 4.68 Å². The number of hydrogen-bond donors (Lipinski definition) is 4. The molecule has 0 unspecified atom stereocenters. The molecule has 3 atom stereocenters. The fraction of sp³-hybridized carbons (Fsp3) is 0.765. The van der Waals surface area contributed by atoms with E-state index in [1.807, 2.05) is 27.0 Å². The molecule has 0 spiro atoms. The van der Waals surface area contributed by atoms with Crippen molar-refractivity contribution in [3.05, 3.63) is 11.9 Å². The van der Waals surface area contributed by atoms with E-state index in [0.29, 0.717) is 31.1 Å². The second-order valence-electron chi connectivity index (χ2n) is 7.56. The summed E-state index contributed by atoms with van der Waals surface area (Å²) in [5, 5.41) is 20.1. The highest BCUT2D eigenvalue weighted by Gasteiger charge is 2.31. The number of hydrogen-bond acceptors (Lipinski definition) is 5. The van der Waals surface area contributed by atoms with Gasteiger partial charge in [0.2, 0.25) is 5.91 Å². The smallest absolute Gasteiger partial charge is 0.315 e. The standard InChI is InChI=1S/C17H31N7O2/c1-10(2)12(5)21-17(26)19-7-13-9-24(23-22-13)14-6-15(18-8-14)16(25)20-11(3)4/h9-12,14-15,18H,6-8H2,1-5H3,(H,20,25)(H2,19,21,26)/t12-,14-,15+/m1/s1. The highest BCUT2D eigenvalue weighted by molar-refractivity contribution is 5.82. The molecule has 1 saturated heterocycles. The van der Waals surface area contributed by atoms with Gasteiger partial charge in [0.15, 0.2) is 0 Å². The number of rotatable bonds is 7. The first-order valence-electron chi connectivity index (χ1n) is 9.25. The normalized spacial score (nSPS) is 21.0. The average molecular weight is 365 g/mol. The van der Waals surface area contributed by atoms with E-state index >= 15 is 0 Å². The van der Waals surface area contributed by atoms with Crippen LogP contribution in [0.4, 0.5) is 4.79 Å². The second kappa shape index (κ2) is 8.98. The fourth-order valence-corrected chi connectivity index (χ4v) is 2.67. The van der Waals surface area contributed by atoms with Crippen LogP contribution < -0.4 is 21.3 Å². The molecule has 0 aromatic carbocycles. The van der Waals surface area contributed by atoms with Crippen LogP contribution in [0, 0.1) is 5.92 Å². The highest BCUT2D eigenvalue weighted by Crippen LogP contribution is 2.19. The molecule has 4 N–H and O–H groups in total. The second-order valence-corrected chi connectivity index (χ2v) is 7.56. The van der Waals surface area contributed by atoms with Crippen molar-refractivity contribution in [1.29, 1.82) is 0 Å². The summed E-state index contributed by atoms with van der Waals surface area (Å²) in [4.78, 5) is 23.9. The molecule has 0 bridgehead atoms.